The summed E-state index contributed by atoms with van der Waals surface area (Å²) >= 11 is 0. The Hall–Kier alpha value is -1.78. The Balaban J connectivity index is 3.06. The number of carbonyl (C=O) groups is 1. The van der Waals surface area contributed by atoms with Crippen LogP contribution in [0.1, 0.15) is 23.7 Å². The van der Waals surface area contributed by atoms with Gasteiger partial charge in [0.15, 0.2) is 11.6 Å². The molecule has 0 saturated carbocycles. The molecule has 0 atom stereocenters. The van der Waals surface area contributed by atoms with Crippen molar-refractivity contribution >= 4 is 11.6 Å². The highest BCUT2D eigenvalue weighted by molar-refractivity contribution is 5.98. The third-order valence-electron chi connectivity index (χ3n) is 1.83. The van der Waals surface area contributed by atoms with Gasteiger partial charge in [-0.3, -0.25) is 4.79 Å². The first-order chi connectivity index (χ1) is 7.06. The van der Waals surface area contributed by atoms with E-state index in [-0.39, 0.29) is 17.0 Å². The van der Waals surface area contributed by atoms with E-state index < -0.39 is 11.7 Å². The average molecular weight is 212 g/mol. The van der Waals surface area contributed by atoms with Crippen molar-refractivity contribution in [1.29, 1.82) is 0 Å². The van der Waals surface area contributed by atoms with Crippen LogP contribution in [0, 0.1) is 5.82 Å². The molecule has 0 aliphatic heterocycles. The van der Waals surface area contributed by atoms with Crippen LogP contribution in [0.3, 0.4) is 0 Å². The van der Waals surface area contributed by atoms with E-state index in [0.717, 1.165) is 12.5 Å². The number of hydrogen-bond acceptors (Lipinski definition) is 3. The lowest BCUT2D eigenvalue weighted by Crippen LogP contribution is -2.14. The van der Waals surface area contributed by atoms with Crippen LogP contribution >= 0.6 is 0 Å². The van der Waals surface area contributed by atoms with E-state index >= 15 is 0 Å². The molecule has 5 heteroatoms. The summed E-state index contributed by atoms with van der Waals surface area (Å²) < 4.78 is 18.4. The molecule has 0 aliphatic rings. The minimum absolute atomic E-state index is 0.000139. The Kier molecular flexibility index (Phi) is 3.49. The first kappa shape index (κ1) is 11.3. The smallest absolute Gasteiger partial charge is 0.250 e. The molecule has 4 N–H and O–H groups in total. The molecule has 0 bridgehead atoms. The second-order valence-corrected chi connectivity index (χ2v) is 3.08. The summed E-state index contributed by atoms with van der Waals surface area (Å²) in [5.74, 6) is -1.29. The average Bonchev–Trinajstić information content (AvgIpc) is 2.16. The minimum Gasteiger partial charge on any atom is -0.491 e. The molecule has 0 aromatic heterocycles. The van der Waals surface area contributed by atoms with Crippen molar-refractivity contribution in [3.63, 3.8) is 0 Å². The van der Waals surface area contributed by atoms with Gasteiger partial charge in [-0.05, 0) is 12.5 Å². The van der Waals surface area contributed by atoms with Gasteiger partial charge in [0.2, 0.25) is 0 Å². The Morgan fingerprint density at radius 1 is 1.53 bits per heavy atom. The standard InChI is InChI=1S/C10H13FN2O2/c1-2-3-15-9-4-6(10(13)14)8(12)5-7(9)11/h4-5H,2-3,12H2,1H3,(H2,13,14). The van der Waals surface area contributed by atoms with Crippen LogP contribution in [-0.2, 0) is 0 Å². The summed E-state index contributed by atoms with van der Waals surface area (Å²) in [7, 11) is 0. The first-order valence-electron chi connectivity index (χ1n) is 4.58. The topological polar surface area (TPSA) is 78.3 Å². The Morgan fingerprint density at radius 2 is 2.20 bits per heavy atom. The monoisotopic (exact) mass is 212 g/mol. The molecule has 4 nitrogen and oxygen atoms in total. The molecule has 82 valence electrons. The van der Waals surface area contributed by atoms with Gasteiger partial charge in [0, 0.05) is 11.8 Å². The third kappa shape index (κ3) is 2.59. The van der Waals surface area contributed by atoms with Crippen molar-refractivity contribution in [2.24, 2.45) is 5.73 Å². The van der Waals surface area contributed by atoms with E-state index in [1.54, 1.807) is 0 Å². The van der Waals surface area contributed by atoms with Gasteiger partial charge in [-0.1, -0.05) is 6.92 Å². The van der Waals surface area contributed by atoms with Crippen molar-refractivity contribution in [3.8, 4) is 5.75 Å². The highest BCUT2D eigenvalue weighted by Crippen LogP contribution is 2.23. The maximum atomic E-state index is 13.3. The number of anilines is 1. The quantitative estimate of drug-likeness (QED) is 0.738. The van der Waals surface area contributed by atoms with Crippen LogP contribution in [0.4, 0.5) is 10.1 Å². The number of primary amides is 1. The van der Waals surface area contributed by atoms with Gasteiger partial charge in [-0.2, -0.15) is 0 Å². The molecular weight excluding hydrogens is 199 g/mol. The van der Waals surface area contributed by atoms with Gasteiger partial charge < -0.3 is 16.2 Å². The highest BCUT2D eigenvalue weighted by Gasteiger charge is 2.12. The second-order valence-electron chi connectivity index (χ2n) is 3.08. The number of benzene rings is 1. The predicted octanol–water partition coefficient (Wildman–Crippen LogP) is 1.30. The predicted molar refractivity (Wildman–Crippen MR) is 55.1 cm³/mol. The van der Waals surface area contributed by atoms with Gasteiger partial charge in [0.05, 0.1) is 12.2 Å². The van der Waals surface area contributed by atoms with Crippen molar-refractivity contribution in [2.45, 2.75) is 13.3 Å². The van der Waals surface area contributed by atoms with E-state index in [1.807, 2.05) is 6.92 Å². The Labute approximate surface area is 87.0 Å². The maximum Gasteiger partial charge on any atom is 0.250 e. The van der Waals surface area contributed by atoms with Crippen molar-refractivity contribution in [3.05, 3.63) is 23.5 Å². The molecule has 0 aliphatic carbocycles. The van der Waals surface area contributed by atoms with Crippen LogP contribution < -0.4 is 16.2 Å². The maximum absolute atomic E-state index is 13.3. The lowest BCUT2D eigenvalue weighted by molar-refractivity contribution is 0.100. The number of rotatable bonds is 4. The largest absolute Gasteiger partial charge is 0.491 e. The molecule has 0 unspecified atom stereocenters. The first-order valence-corrected chi connectivity index (χ1v) is 4.58. The molecule has 0 fully saturated rings. The normalized spacial score (nSPS) is 10.0. The van der Waals surface area contributed by atoms with Gasteiger partial charge in [-0.25, -0.2) is 4.39 Å². The lowest BCUT2D eigenvalue weighted by Gasteiger charge is -2.08. The zero-order chi connectivity index (χ0) is 11.4. The number of carbonyl (C=O) groups excluding carboxylic acids is 1. The Morgan fingerprint density at radius 3 is 2.73 bits per heavy atom. The van der Waals surface area contributed by atoms with Crippen LogP contribution in [0.2, 0.25) is 0 Å². The molecule has 15 heavy (non-hydrogen) atoms. The number of nitrogens with two attached hydrogens (primary N) is 2. The van der Waals surface area contributed by atoms with Crippen LogP contribution in [-0.4, -0.2) is 12.5 Å². The molecular formula is C10H13FN2O2. The molecule has 1 aromatic rings. The summed E-state index contributed by atoms with van der Waals surface area (Å²) in [6.07, 6.45) is 0.746. The van der Waals surface area contributed by atoms with E-state index in [1.165, 1.54) is 6.07 Å². The molecule has 1 amide bonds. The molecule has 0 spiro atoms. The van der Waals surface area contributed by atoms with E-state index in [9.17, 15) is 9.18 Å². The summed E-state index contributed by atoms with van der Waals surface area (Å²) in [4.78, 5) is 10.9. The fraction of sp³-hybridized carbons (Fsp3) is 0.300. The van der Waals surface area contributed by atoms with E-state index in [4.69, 9.17) is 16.2 Å². The number of amides is 1. The van der Waals surface area contributed by atoms with Crippen LogP contribution in [0.25, 0.3) is 0 Å². The van der Waals surface area contributed by atoms with E-state index in [0.29, 0.717) is 6.61 Å². The fourth-order valence-corrected chi connectivity index (χ4v) is 1.10. The molecule has 1 rings (SSSR count). The van der Waals surface area contributed by atoms with Gasteiger partial charge in [0.1, 0.15) is 0 Å². The molecule has 1 aromatic carbocycles. The molecule has 0 saturated heterocycles. The zero-order valence-electron chi connectivity index (χ0n) is 8.42. The van der Waals surface area contributed by atoms with Crippen LogP contribution in [0.15, 0.2) is 12.1 Å². The number of halogens is 1. The Bertz CT molecular complexity index is 380. The SMILES string of the molecule is CCCOc1cc(C(N)=O)c(N)cc1F. The summed E-state index contributed by atoms with van der Waals surface area (Å²) in [5, 5.41) is 0. The van der Waals surface area contributed by atoms with Crippen molar-refractivity contribution in [2.75, 3.05) is 12.3 Å². The highest BCUT2D eigenvalue weighted by atomic mass is 19.1. The number of nitrogen functional groups attached to an aromatic ring is 1. The van der Waals surface area contributed by atoms with Crippen molar-refractivity contribution < 1.29 is 13.9 Å². The molecule has 0 radical (unpaired) electrons. The number of hydrogen-bond donors (Lipinski definition) is 2. The second kappa shape index (κ2) is 4.63. The number of ether oxygens (including phenoxy) is 1. The third-order valence-corrected chi connectivity index (χ3v) is 1.83. The zero-order valence-corrected chi connectivity index (χ0v) is 8.42. The molecule has 0 heterocycles. The lowest BCUT2D eigenvalue weighted by atomic mass is 10.1. The van der Waals surface area contributed by atoms with Gasteiger partial charge in [0.25, 0.3) is 5.91 Å². The summed E-state index contributed by atoms with van der Waals surface area (Å²) in [6, 6.07) is 2.26. The van der Waals surface area contributed by atoms with Gasteiger partial charge >= 0.3 is 0 Å². The van der Waals surface area contributed by atoms with Gasteiger partial charge in [-0.15, -0.1) is 0 Å². The van der Waals surface area contributed by atoms with E-state index in [2.05, 4.69) is 0 Å². The van der Waals surface area contributed by atoms with Crippen LogP contribution in [0.5, 0.6) is 5.75 Å². The summed E-state index contributed by atoms with van der Waals surface area (Å²) in [6.45, 7) is 2.27. The fourth-order valence-electron chi connectivity index (χ4n) is 1.10. The summed E-state index contributed by atoms with van der Waals surface area (Å²) in [5.41, 5.74) is 10.6. The van der Waals surface area contributed by atoms with Crippen molar-refractivity contribution in [1.82, 2.24) is 0 Å². The minimum atomic E-state index is -0.700.